The molecule has 0 bridgehead atoms. The molecule has 0 aromatic heterocycles. The maximum Gasteiger partial charge on any atom is 0.322 e. The molecule has 0 saturated heterocycles. The summed E-state index contributed by atoms with van der Waals surface area (Å²) in [5.74, 6) is -1.19. The Morgan fingerprint density at radius 1 is 1.48 bits per heavy atom. The zero-order chi connectivity index (χ0) is 15.6. The SMILES string of the molecule is CCC(C#N)S(=O)(=O)N1Cc2ccccc2C[C@H]1C(=O)O. The number of hydrogen-bond donors (Lipinski definition) is 1. The van der Waals surface area contributed by atoms with Gasteiger partial charge in [0.25, 0.3) is 0 Å². The van der Waals surface area contributed by atoms with Crippen LogP contribution in [0.5, 0.6) is 0 Å². The molecule has 1 aliphatic rings. The second kappa shape index (κ2) is 5.84. The minimum absolute atomic E-state index is 0.00630. The second-order valence-electron chi connectivity index (χ2n) is 4.94. The highest BCUT2D eigenvalue weighted by Crippen LogP contribution is 2.28. The molecule has 0 saturated carbocycles. The Kier molecular flexibility index (Phi) is 4.30. The summed E-state index contributed by atoms with van der Waals surface area (Å²) in [4.78, 5) is 11.4. The van der Waals surface area contributed by atoms with Crippen molar-refractivity contribution in [2.45, 2.75) is 37.6 Å². The topological polar surface area (TPSA) is 98.5 Å². The highest BCUT2D eigenvalue weighted by molar-refractivity contribution is 7.90. The van der Waals surface area contributed by atoms with Gasteiger partial charge in [-0.2, -0.15) is 9.57 Å². The first-order chi connectivity index (χ1) is 9.91. The second-order valence-corrected chi connectivity index (χ2v) is 7.01. The number of carboxylic acids is 1. The lowest BCUT2D eigenvalue weighted by atomic mass is 9.96. The van der Waals surface area contributed by atoms with Gasteiger partial charge in [-0.15, -0.1) is 0 Å². The lowest BCUT2D eigenvalue weighted by Crippen LogP contribution is -2.51. The van der Waals surface area contributed by atoms with Gasteiger partial charge in [-0.05, 0) is 17.5 Å². The van der Waals surface area contributed by atoms with E-state index in [1.54, 1.807) is 37.3 Å². The van der Waals surface area contributed by atoms with E-state index in [-0.39, 0.29) is 19.4 Å². The molecule has 1 aromatic carbocycles. The van der Waals surface area contributed by atoms with Crippen LogP contribution in [0.2, 0.25) is 0 Å². The summed E-state index contributed by atoms with van der Waals surface area (Å²) in [6.07, 6.45) is 0.246. The predicted molar refractivity (Wildman–Crippen MR) is 75.7 cm³/mol. The van der Waals surface area contributed by atoms with Crippen LogP contribution in [0.1, 0.15) is 24.5 Å². The van der Waals surface area contributed by atoms with Crippen molar-refractivity contribution < 1.29 is 18.3 Å². The fourth-order valence-electron chi connectivity index (χ4n) is 2.51. The Hall–Kier alpha value is -1.91. The summed E-state index contributed by atoms with van der Waals surface area (Å²) < 4.78 is 26.0. The van der Waals surface area contributed by atoms with Gasteiger partial charge < -0.3 is 5.11 Å². The van der Waals surface area contributed by atoms with E-state index in [0.717, 1.165) is 15.4 Å². The average Bonchev–Trinajstić information content (AvgIpc) is 2.46. The van der Waals surface area contributed by atoms with E-state index in [9.17, 15) is 18.3 Å². The smallest absolute Gasteiger partial charge is 0.322 e. The lowest BCUT2D eigenvalue weighted by Gasteiger charge is -2.34. The predicted octanol–water partition coefficient (Wildman–Crippen LogP) is 1.13. The molecule has 112 valence electrons. The number of hydrogen-bond acceptors (Lipinski definition) is 4. The van der Waals surface area contributed by atoms with Crippen LogP contribution in [0.15, 0.2) is 24.3 Å². The van der Waals surface area contributed by atoms with Gasteiger partial charge in [0.2, 0.25) is 10.0 Å². The van der Waals surface area contributed by atoms with Gasteiger partial charge >= 0.3 is 5.97 Å². The Morgan fingerprint density at radius 2 is 2.10 bits per heavy atom. The van der Waals surface area contributed by atoms with E-state index in [1.165, 1.54) is 0 Å². The number of fused-ring (bicyclic) bond motifs is 1. The fourth-order valence-corrected chi connectivity index (χ4v) is 4.23. The monoisotopic (exact) mass is 308 g/mol. The number of benzene rings is 1. The van der Waals surface area contributed by atoms with Crippen molar-refractivity contribution in [2.24, 2.45) is 0 Å². The van der Waals surface area contributed by atoms with Crippen molar-refractivity contribution in [3.63, 3.8) is 0 Å². The Labute approximate surface area is 123 Å². The molecule has 2 atom stereocenters. The summed E-state index contributed by atoms with van der Waals surface area (Å²) in [5.41, 5.74) is 1.62. The minimum atomic E-state index is -3.97. The van der Waals surface area contributed by atoms with E-state index >= 15 is 0 Å². The number of nitriles is 1. The van der Waals surface area contributed by atoms with Gasteiger partial charge in [0.1, 0.15) is 6.04 Å². The number of carboxylic acid groups (broad SMARTS) is 1. The normalized spacial score (nSPS) is 20.3. The fraction of sp³-hybridized carbons (Fsp3) is 0.429. The molecule has 1 N–H and O–H groups in total. The van der Waals surface area contributed by atoms with E-state index in [1.807, 2.05) is 0 Å². The van der Waals surface area contributed by atoms with Crippen molar-refractivity contribution in [3.8, 4) is 6.07 Å². The zero-order valence-corrected chi connectivity index (χ0v) is 12.4. The number of aliphatic carboxylic acids is 1. The third kappa shape index (κ3) is 2.77. The molecular formula is C14H16N2O4S. The molecule has 21 heavy (non-hydrogen) atoms. The largest absolute Gasteiger partial charge is 0.480 e. The number of nitrogens with zero attached hydrogens (tertiary/aromatic N) is 2. The van der Waals surface area contributed by atoms with Gasteiger partial charge in [-0.25, -0.2) is 8.42 Å². The summed E-state index contributed by atoms with van der Waals surface area (Å²) >= 11 is 0. The van der Waals surface area contributed by atoms with Gasteiger partial charge in [-0.1, -0.05) is 31.2 Å². The van der Waals surface area contributed by atoms with Crippen LogP contribution in [-0.4, -0.2) is 35.1 Å². The third-order valence-electron chi connectivity index (χ3n) is 3.69. The van der Waals surface area contributed by atoms with Gasteiger partial charge in [-0.3, -0.25) is 4.79 Å². The Bertz CT molecular complexity index is 693. The van der Waals surface area contributed by atoms with E-state index < -0.39 is 27.3 Å². The molecule has 1 heterocycles. The van der Waals surface area contributed by atoms with E-state index in [4.69, 9.17) is 5.26 Å². The first-order valence-electron chi connectivity index (χ1n) is 6.61. The molecule has 1 aromatic rings. The van der Waals surface area contributed by atoms with Crippen LogP contribution < -0.4 is 0 Å². The highest BCUT2D eigenvalue weighted by Gasteiger charge is 2.42. The maximum atomic E-state index is 12.5. The molecule has 0 aliphatic carbocycles. The molecule has 0 radical (unpaired) electrons. The zero-order valence-electron chi connectivity index (χ0n) is 11.6. The highest BCUT2D eigenvalue weighted by atomic mass is 32.2. The molecule has 1 aliphatic heterocycles. The molecule has 0 amide bonds. The first kappa shape index (κ1) is 15.5. The molecule has 0 fully saturated rings. The van der Waals surface area contributed by atoms with Crippen molar-refractivity contribution >= 4 is 16.0 Å². The maximum absolute atomic E-state index is 12.5. The average molecular weight is 308 g/mol. The van der Waals surface area contributed by atoms with Crippen molar-refractivity contribution in [1.82, 2.24) is 4.31 Å². The first-order valence-corrected chi connectivity index (χ1v) is 8.12. The van der Waals surface area contributed by atoms with Gasteiger partial charge in [0.15, 0.2) is 5.25 Å². The number of sulfonamides is 1. The summed E-state index contributed by atoms with van der Waals surface area (Å²) in [7, 11) is -3.97. The number of carbonyl (C=O) groups is 1. The third-order valence-corrected chi connectivity index (χ3v) is 5.89. The van der Waals surface area contributed by atoms with Crippen molar-refractivity contribution in [1.29, 1.82) is 5.26 Å². The molecule has 7 heteroatoms. The van der Waals surface area contributed by atoms with Crippen LogP contribution in [0, 0.1) is 11.3 Å². The molecule has 0 spiro atoms. The molecule has 6 nitrogen and oxygen atoms in total. The standard InChI is InChI=1S/C14H16N2O4S/c1-2-12(8-15)21(19,20)16-9-11-6-4-3-5-10(11)7-13(16)14(17)18/h3-6,12-13H,2,7,9H2,1H3,(H,17,18)/t12?,13-/m0/s1. The minimum Gasteiger partial charge on any atom is -0.480 e. The molecule has 1 unspecified atom stereocenters. The summed E-state index contributed by atoms with van der Waals surface area (Å²) in [5, 5.41) is 17.1. The molecular weight excluding hydrogens is 292 g/mol. The van der Waals surface area contributed by atoms with Crippen LogP contribution in [0.4, 0.5) is 0 Å². The van der Waals surface area contributed by atoms with E-state index in [2.05, 4.69) is 0 Å². The Morgan fingerprint density at radius 3 is 2.62 bits per heavy atom. The van der Waals surface area contributed by atoms with Crippen LogP contribution >= 0.6 is 0 Å². The molecule has 2 rings (SSSR count). The van der Waals surface area contributed by atoms with Gasteiger partial charge in [0.05, 0.1) is 6.07 Å². The quantitative estimate of drug-likeness (QED) is 0.899. The van der Waals surface area contributed by atoms with Crippen molar-refractivity contribution in [2.75, 3.05) is 0 Å². The lowest BCUT2D eigenvalue weighted by molar-refractivity contribution is -0.141. The summed E-state index contributed by atoms with van der Waals surface area (Å²) in [6, 6.07) is 7.76. The van der Waals surface area contributed by atoms with Crippen LogP contribution in [-0.2, 0) is 27.8 Å². The van der Waals surface area contributed by atoms with E-state index in [0.29, 0.717) is 0 Å². The summed E-state index contributed by atoms with van der Waals surface area (Å²) in [6.45, 7) is 1.59. The Balaban J connectivity index is 2.47. The van der Waals surface area contributed by atoms with Crippen LogP contribution in [0.25, 0.3) is 0 Å². The van der Waals surface area contributed by atoms with Gasteiger partial charge in [0, 0.05) is 13.0 Å². The van der Waals surface area contributed by atoms with Crippen molar-refractivity contribution in [3.05, 3.63) is 35.4 Å². The van der Waals surface area contributed by atoms with Crippen LogP contribution in [0.3, 0.4) is 0 Å². The number of rotatable bonds is 4.